The third-order valence-electron chi connectivity index (χ3n) is 3.64. The Bertz CT molecular complexity index is 536. The molecule has 1 saturated carbocycles. The summed E-state index contributed by atoms with van der Waals surface area (Å²) in [4.78, 5) is 1.08. The van der Waals surface area contributed by atoms with Crippen molar-refractivity contribution in [1.29, 1.82) is 0 Å². The van der Waals surface area contributed by atoms with Crippen LogP contribution in [-0.4, -0.2) is 20.5 Å². The molecule has 1 unspecified atom stereocenters. The Morgan fingerprint density at radius 3 is 2.76 bits per heavy atom. The first kappa shape index (κ1) is 16.9. The van der Waals surface area contributed by atoms with Crippen molar-refractivity contribution in [3.63, 3.8) is 0 Å². The fourth-order valence-corrected chi connectivity index (χ4v) is 4.81. The lowest BCUT2D eigenvalue weighted by Crippen LogP contribution is -2.32. The number of unbranched alkanes of at least 4 members (excludes halogenated alkanes) is 2. The van der Waals surface area contributed by atoms with Gasteiger partial charge in [0.25, 0.3) is 0 Å². The highest BCUT2D eigenvalue weighted by molar-refractivity contribution is 7.91. The number of nitrogens with one attached hydrogen (secondary N) is 2. The quantitative estimate of drug-likeness (QED) is 0.648. The third-order valence-corrected chi connectivity index (χ3v) is 6.81. The summed E-state index contributed by atoms with van der Waals surface area (Å²) in [6.07, 6.45) is 6.76. The number of thiophene rings is 1. The molecule has 2 rings (SSSR count). The second-order valence-electron chi connectivity index (χ2n) is 5.89. The SMILES string of the molecule is CCCCCC(C)NS(=O)(=O)c1ccc(CNC2CC2)s1. The van der Waals surface area contributed by atoms with E-state index in [1.54, 1.807) is 6.07 Å². The monoisotopic (exact) mass is 330 g/mol. The van der Waals surface area contributed by atoms with Gasteiger partial charge in [0.05, 0.1) is 0 Å². The van der Waals surface area contributed by atoms with E-state index in [-0.39, 0.29) is 6.04 Å². The van der Waals surface area contributed by atoms with E-state index >= 15 is 0 Å². The Balaban J connectivity index is 1.85. The molecular weight excluding hydrogens is 304 g/mol. The molecule has 1 atom stereocenters. The summed E-state index contributed by atoms with van der Waals surface area (Å²) >= 11 is 1.37. The van der Waals surface area contributed by atoms with E-state index in [0.29, 0.717) is 10.3 Å². The van der Waals surface area contributed by atoms with E-state index in [1.807, 2.05) is 13.0 Å². The second kappa shape index (κ2) is 7.72. The minimum absolute atomic E-state index is 0.00307. The molecule has 1 aliphatic carbocycles. The summed E-state index contributed by atoms with van der Waals surface area (Å²) in [5, 5.41) is 3.41. The third kappa shape index (κ3) is 5.70. The van der Waals surface area contributed by atoms with Crippen LogP contribution < -0.4 is 10.0 Å². The van der Waals surface area contributed by atoms with Crippen LogP contribution in [0, 0.1) is 0 Å². The highest BCUT2D eigenvalue weighted by Crippen LogP contribution is 2.24. The lowest BCUT2D eigenvalue weighted by atomic mass is 10.1. The lowest BCUT2D eigenvalue weighted by Gasteiger charge is -2.12. The van der Waals surface area contributed by atoms with Crippen molar-refractivity contribution in [3.05, 3.63) is 17.0 Å². The van der Waals surface area contributed by atoms with Gasteiger partial charge in [-0.3, -0.25) is 0 Å². The summed E-state index contributed by atoms with van der Waals surface area (Å²) in [5.74, 6) is 0. The van der Waals surface area contributed by atoms with Crippen LogP contribution in [0.5, 0.6) is 0 Å². The molecule has 0 aromatic carbocycles. The average molecular weight is 331 g/mol. The van der Waals surface area contributed by atoms with Gasteiger partial charge in [0.2, 0.25) is 10.0 Å². The maximum absolute atomic E-state index is 12.3. The zero-order valence-corrected chi connectivity index (χ0v) is 14.5. The van der Waals surface area contributed by atoms with E-state index in [9.17, 15) is 8.42 Å². The van der Waals surface area contributed by atoms with Gasteiger partial charge in [0.1, 0.15) is 4.21 Å². The molecule has 1 aromatic heterocycles. The van der Waals surface area contributed by atoms with Crippen molar-refractivity contribution < 1.29 is 8.42 Å². The summed E-state index contributed by atoms with van der Waals surface area (Å²) in [6, 6.07) is 4.27. The summed E-state index contributed by atoms with van der Waals surface area (Å²) in [6.45, 7) is 4.87. The largest absolute Gasteiger partial charge is 0.309 e. The van der Waals surface area contributed by atoms with Crippen molar-refractivity contribution in [2.75, 3.05) is 0 Å². The van der Waals surface area contributed by atoms with Gasteiger partial charge in [-0.05, 0) is 38.3 Å². The predicted molar refractivity (Wildman–Crippen MR) is 88.1 cm³/mol. The highest BCUT2D eigenvalue weighted by atomic mass is 32.2. The first-order valence-corrected chi connectivity index (χ1v) is 10.2. The zero-order chi connectivity index (χ0) is 15.3. The normalized spacial score (nSPS) is 17.0. The molecule has 0 saturated heterocycles. The number of hydrogen-bond acceptors (Lipinski definition) is 4. The first-order chi connectivity index (χ1) is 10.0. The van der Waals surface area contributed by atoms with Crippen molar-refractivity contribution in [2.24, 2.45) is 0 Å². The van der Waals surface area contributed by atoms with Crippen molar-refractivity contribution >= 4 is 21.4 Å². The van der Waals surface area contributed by atoms with Crippen LogP contribution in [0.4, 0.5) is 0 Å². The minimum atomic E-state index is -3.36. The van der Waals surface area contributed by atoms with Crippen LogP contribution in [0.1, 0.15) is 57.2 Å². The maximum atomic E-state index is 12.3. The average Bonchev–Trinajstić information content (AvgIpc) is 3.12. The molecule has 2 N–H and O–H groups in total. The molecular formula is C15H26N2O2S2. The summed E-state index contributed by atoms with van der Waals surface area (Å²) < 4.78 is 27.8. The van der Waals surface area contributed by atoms with Crippen molar-refractivity contribution in [1.82, 2.24) is 10.0 Å². The molecule has 4 nitrogen and oxygen atoms in total. The Hall–Kier alpha value is -0.430. The molecule has 6 heteroatoms. The van der Waals surface area contributed by atoms with Crippen LogP contribution in [0.15, 0.2) is 16.3 Å². The van der Waals surface area contributed by atoms with Gasteiger partial charge in [-0.1, -0.05) is 26.2 Å². The zero-order valence-electron chi connectivity index (χ0n) is 12.9. The van der Waals surface area contributed by atoms with Gasteiger partial charge in [0.15, 0.2) is 0 Å². The Morgan fingerprint density at radius 1 is 1.33 bits per heavy atom. The molecule has 0 amide bonds. The van der Waals surface area contributed by atoms with Crippen LogP contribution in [0.2, 0.25) is 0 Å². The second-order valence-corrected chi connectivity index (χ2v) is 9.00. The lowest BCUT2D eigenvalue weighted by molar-refractivity contribution is 0.528. The minimum Gasteiger partial charge on any atom is -0.309 e. The molecule has 0 spiro atoms. The summed E-state index contributed by atoms with van der Waals surface area (Å²) in [5.41, 5.74) is 0. The topological polar surface area (TPSA) is 58.2 Å². The van der Waals surface area contributed by atoms with Gasteiger partial charge in [-0.25, -0.2) is 13.1 Å². The molecule has 120 valence electrons. The van der Waals surface area contributed by atoms with Gasteiger partial charge >= 0.3 is 0 Å². The van der Waals surface area contributed by atoms with Crippen LogP contribution in [0.3, 0.4) is 0 Å². The maximum Gasteiger partial charge on any atom is 0.250 e. The predicted octanol–water partition coefficient (Wildman–Crippen LogP) is 3.25. The molecule has 1 fully saturated rings. The molecule has 0 radical (unpaired) electrons. The number of rotatable bonds is 10. The Kier molecular flexibility index (Phi) is 6.22. The molecule has 0 aliphatic heterocycles. The number of sulfonamides is 1. The van der Waals surface area contributed by atoms with Gasteiger partial charge in [-0.15, -0.1) is 11.3 Å². The smallest absolute Gasteiger partial charge is 0.250 e. The summed E-state index contributed by atoms with van der Waals surface area (Å²) in [7, 11) is -3.36. The molecule has 0 bridgehead atoms. The van der Waals surface area contributed by atoms with E-state index in [1.165, 1.54) is 24.2 Å². The van der Waals surface area contributed by atoms with Gasteiger partial charge < -0.3 is 5.32 Å². The van der Waals surface area contributed by atoms with Crippen LogP contribution in [-0.2, 0) is 16.6 Å². The van der Waals surface area contributed by atoms with E-state index < -0.39 is 10.0 Å². The van der Waals surface area contributed by atoms with Gasteiger partial charge in [0, 0.05) is 23.5 Å². The van der Waals surface area contributed by atoms with E-state index in [0.717, 1.165) is 37.1 Å². The Morgan fingerprint density at radius 2 is 2.10 bits per heavy atom. The molecule has 1 aliphatic rings. The molecule has 1 aromatic rings. The number of hydrogen-bond donors (Lipinski definition) is 2. The standard InChI is InChI=1S/C15H26N2O2S2/c1-3-4-5-6-12(2)17-21(18,19)15-10-9-14(20-15)11-16-13-7-8-13/h9-10,12-13,16-17H,3-8,11H2,1-2H3. The fourth-order valence-electron chi connectivity index (χ4n) is 2.21. The Labute approximate surface area is 132 Å². The molecule has 21 heavy (non-hydrogen) atoms. The highest BCUT2D eigenvalue weighted by Gasteiger charge is 2.22. The van der Waals surface area contributed by atoms with Crippen molar-refractivity contribution in [2.45, 2.75) is 75.2 Å². The van der Waals surface area contributed by atoms with E-state index in [2.05, 4.69) is 17.0 Å². The van der Waals surface area contributed by atoms with E-state index in [4.69, 9.17) is 0 Å². The molecule has 1 heterocycles. The van der Waals surface area contributed by atoms with Gasteiger partial charge in [-0.2, -0.15) is 0 Å². The van der Waals surface area contributed by atoms with Crippen LogP contribution >= 0.6 is 11.3 Å². The first-order valence-electron chi connectivity index (χ1n) is 7.85. The van der Waals surface area contributed by atoms with Crippen LogP contribution in [0.25, 0.3) is 0 Å². The van der Waals surface area contributed by atoms with Crippen molar-refractivity contribution in [3.8, 4) is 0 Å². The fraction of sp³-hybridized carbons (Fsp3) is 0.733.